The molecule has 3 aromatic rings. The van der Waals surface area contributed by atoms with Crippen molar-refractivity contribution in [2.75, 3.05) is 26.2 Å². The topological polar surface area (TPSA) is 108 Å². The number of imidazole rings is 1. The van der Waals surface area contributed by atoms with Gasteiger partial charge in [-0.2, -0.15) is 0 Å². The number of β-amino-alcohol motifs (C(OH)–C–C–N with tert-alkyl or cyclic N) is 1. The molecule has 2 aromatic heterocycles. The van der Waals surface area contributed by atoms with Gasteiger partial charge in [0.1, 0.15) is 17.6 Å². The molecule has 33 heavy (non-hydrogen) atoms. The first-order valence-corrected chi connectivity index (χ1v) is 11.3. The summed E-state index contributed by atoms with van der Waals surface area (Å²) in [6.45, 7) is 4.42. The average Bonchev–Trinajstić information content (AvgIpc) is 3.30. The molecule has 0 unspecified atom stereocenters. The van der Waals surface area contributed by atoms with Gasteiger partial charge in [-0.15, -0.1) is 0 Å². The average molecular weight is 449 g/mol. The van der Waals surface area contributed by atoms with Gasteiger partial charge < -0.3 is 29.3 Å². The third-order valence-electron chi connectivity index (χ3n) is 6.51. The van der Waals surface area contributed by atoms with Crippen LogP contribution in [0.25, 0.3) is 11.3 Å². The third kappa shape index (κ3) is 4.72. The summed E-state index contributed by atoms with van der Waals surface area (Å²) in [4.78, 5) is 6.39. The Bertz CT molecular complexity index is 1150. The number of hydrogen-bond donors (Lipinski definition) is 3. The minimum atomic E-state index is -0.654. The molecule has 172 valence electrons. The minimum absolute atomic E-state index is 0.186. The molecule has 1 saturated heterocycles. The van der Waals surface area contributed by atoms with Gasteiger partial charge in [-0.1, -0.05) is 17.0 Å². The summed E-state index contributed by atoms with van der Waals surface area (Å²) in [6.07, 6.45) is 2.18. The Morgan fingerprint density at radius 3 is 2.64 bits per heavy atom. The van der Waals surface area contributed by atoms with E-state index in [1.165, 1.54) is 0 Å². The second-order valence-corrected chi connectivity index (χ2v) is 9.03. The second kappa shape index (κ2) is 9.12. The number of aliphatic hydroxyl groups excluding tert-OH is 3. The van der Waals surface area contributed by atoms with E-state index in [9.17, 15) is 10.2 Å². The van der Waals surface area contributed by atoms with Crippen molar-refractivity contribution in [2.24, 2.45) is 17.8 Å². The predicted molar refractivity (Wildman–Crippen MR) is 121 cm³/mol. The molecular weight excluding hydrogens is 420 g/mol. The number of nitrogens with zero attached hydrogens (tertiary/aromatic N) is 4. The summed E-state index contributed by atoms with van der Waals surface area (Å²) in [5.74, 6) is 9.58. The molecule has 1 aliphatic heterocycles. The fourth-order valence-electron chi connectivity index (χ4n) is 4.74. The summed E-state index contributed by atoms with van der Waals surface area (Å²) in [5, 5.41) is 32.5. The monoisotopic (exact) mass is 448 g/mol. The molecule has 0 radical (unpaired) electrons. The molecule has 3 heterocycles. The molecule has 8 nitrogen and oxygen atoms in total. The van der Waals surface area contributed by atoms with E-state index in [1.807, 2.05) is 41.1 Å². The van der Waals surface area contributed by atoms with E-state index in [-0.39, 0.29) is 6.61 Å². The molecule has 5 atom stereocenters. The summed E-state index contributed by atoms with van der Waals surface area (Å²) in [5.41, 5.74) is 2.66. The van der Waals surface area contributed by atoms with E-state index in [2.05, 4.69) is 26.9 Å². The quantitative estimate of drug-likeness (QED) is 0.471. The smallest absolute Gasteiger partial charge is 0.167 e. The Balaban J connectivity index is 1.17. The van der Waals surface area contributed by atoms with E-state index in [1.54, 1.807) is 13.1 Å². The molecule has 1 aliphatic carbocycles. The van der Waals surface area contributed by atoms with Crippen molar-refractivity contribution in [3.05, 3.63) is 59.8 Å². The van der Waals surface area contributed by atoms with Crippen LogP contribution in [0.2, 0.25) is 0 Å². The molecule has 2 aliphatic rings. The molecule has 3 N–H and O–H groups in total. The van der Waals surface area contributed by atoms with Gasteiger partial charge in [0.05, 0.1) is 19.3 Å². The zero-order valence-electron chi connectivity index (χ0n) is 18.5. The molecule has 1 saturated carbocycles. The molecule has 0 bridgehead atoms. The predicted octanol–water partition coefficient (Wildman–Crippen LogP) is 1.52. The van der Waals surface area contributed by atoms with Gasteiger partial charge in [-0.3, -0.25) is 0 Å². The summed E-state index contributed by atoms with van der Waals surface area (Å²) < 4.78 is 7.38. The lowest BCUT2D eigenvalue weighted by atomic mass is 10.1. The van der Waals surface area contributed by atoms with Gasteiger partial charge in [0.2, 0.25) is 0 Å². The lowest BCUT2D eigenvalue weighted by Gasteiger charge is -2.20. The molecule has 0 spiro atoms. The van der Waals surface area contributed by atoms with Crippen molar-refractivity contribution < 1.29 is 19.8 Å². The molecule has 0 amide bonds. The SMILES string of the molecule is C[C@H](O)c1nccn1Cc1cc(-c2ccc(C#C[C@@H]3[C@H]4CN(C[C@H](O)CO)C[C@@H]34)cc2)on1. The summed E-state index contributed by atoms with van der Waals surface area (Å²) in [6, 6.07) is 9.86. The van der Waals surface area contributed by atoms with Crippen molar-refractivity contribution in [2.45, 2.75) is 25.7 Å². The van der Waals surface area contributed by atoms with Crippen molar-refractivity contribution in [1.82, 2.24) is 19.6 Å². The van der Waals surface area contributed by atoms with Gasteiger partial charge in [0.25, 0.3) is 0 Å². The van der Waals surface area contributed by atoms with Crippen LogP contribution in [0, 0.1) is 29.6 Å². The molecule has 1 aromatic carbocycles. The lowest BCUT2D eigenvalue weighted by Crippen LogP contribution is -2.34. The van der Waals surface area contributed by atoms with E-state index in [0.717, 1.165) is 29.9 Å². The Kier molecular flexibility index (Phi) is 6.04. The van der Waals surface area contributed by atoms with Gasteiger partial charge in [0.15, 0.2) is 5.76 Å². The van der Waals surface area contributed by atoms with E-state index < -0.39 is 12.2 Å². The first-order chi connectivity index (χ1) is 16.0. The van der Waals surface area contributed by atoms with Gasteiger partial charge in [0, 0.05) is 55.1 Å². The zero-order valence-corrected chi connectivity index (χ0v) is 18.5. The second-order valence-electron chi connectivity index (χ2n) is 9.03. The van der Waals surface area contributed by atoms with Crippen LogP contribution in [0.3, 0.4) is 0 Å². The fraction of sp³-hybridized carbons (Fsp3) is 0.440. The molecule has 2 fully saturated rings. The highest BCUT2D eigenvalue weighted by Gasteiger charge is 2.54. The fourth-order valence-corrected chi connectivity index (χ4v) is 4.74. The van der Waals surface area contributed by atoms with E-state index in [4.69, 9.17) is 9.63 Å². The number of hydrogen-bond acceptors (Lipinski definition) is 7. The van der Waals surface area contributed by atoms with E-state index in [0.29, 0.717) is 42.4 Å². The molecular formula is C25H28N4O4. The largest absolute Gasteiger partial charge is 0.394 e. The number of fused-ring (bicyclic) bond motifs is 1. The van der Waals surface area contributed by atoms with Crippen LogP contribution in [-0.2, 0) is 6.54 Å². The Labute approximate surface area is 192 Å². The Morgan fingerprint density at radius 2 is 1.94 bits per heavy atom. The Hall–Kier alpha value is -2.96. The van der Waals surface area contributed by atoms with Crippen molar-refractivity contribution >= 4 is 0 Å². The van der Waals surface area contributed by atoms with Crippen molar-refractivity contribution in [1.29, 1.82) is 0 Å². The number of likely N-dealkylation sites (tertiary alicyclic amines) is 1. The van der Waals surface area contributed by atoms with E-state index >= 15 is 0 Å². The third-order valence-corrected chi connectivity index (χ3v) is 6.51. The number of aliphatic hydroxyl groups is 3. The van der Waals surface area contributed by atoms with Crippen LogP contribution < -0.4 is 0 Å². The Morgan fingerprint density at radius 1 is 1.18 bits per heavy atom. The van der Waals surface area contributed by atoms with Crippen molar-refractivity contribution in [3.8, 4) is 23.2 Å². The maximum atomic E-state index is 9.80. The van der Waals surface area contributed by atoms with Gasteiger partial charge in [-0.25, -0.2) is 4.98 Å². The van der Waals surface area contributed by atoms with Crippen LogP contribution >= 0.6 is 0 Å². The number of aromatic nitrogens is 3. The first-order valence-electron chi connectivity index (χ1n) is 11.3. The van der Waals surface area contributed by atoms with Crippen molar-refractivity contribution in [3.63, 3.8) is 0 Å². The maximum absolute atomic E-state index is 9.80. The highest BCUT2D eigenvalue weighted by molar-refractivity contribution is 5.59. The number of rotatable bonds is 7. The normalized spacial score (nSPS) is 23.6. The van der Waals surface area contributed by atoms with Crippen LogP contribution in [-0.4, -0.2) is 67.3 Å². The van der Waals surface area contributed by atoms with Crippen LogP contribution in [0.1, 0.15) is 30.1 Å². The first kappa shape index (κ1) is 21.9. The lowest BCUT2D eigenvalue weighted by molar-refractivity contribution is 0.0622. The van der Waals surface area contributed by atoms with Gasteiger partial charge >= 0.3 is 0 Å². The molecule has 5 rings (SSSR count). The highest BCUT2D eigenvalue weighted by atomic mass is 16.5. The zero-order chi connectivity index (χ0) is 22.9. The van der Waals surface area contributed by atoms with Crippen LogP contribution in [0.4, 0.5) is 0 Å². The summed E-state index contributed by atoms with van der Waals surface area (Å²) >= 11 is 0. The minimum Gasteiger partial charge on any atom is -0.394 e. The summed E-state index contributed by atoms with van der Waals surface area (Å²) in [7, 11) is 0. The highest BCUT2D eigenvalue weighted by Crippen LogP contribution is 2.51. The number of benzene rings is 1. The van der Waals surface area contributed by atoms with Gasteiger partial charge in [-0.05, 0) is 43.0 Å². The van der Waals surface area contributed by atoms with Crippen LogP contribution in [0.15, 0.2) is 47.2 Å². The number of piperidine rings is 1. The maximum Gasteiger partial charge on any atom is 0.167 e. The van der Waals surface area contributed by atoms with Crippen LogP contribution in [0.5, 0.6) is 0 Å². The molecule has 8 heteroatoms. The standard InChI is InChI=1S/C25H28N4O4/c1-16(31)25-26-8-9-29(25)11-19-10-24(33-27-19)18-5-2-17(3-6-18)4-7-21-22-13-28(14-23(21)22)12-20(32)15-30/h2-3,5-6,8-10,16,20-23,30-32H,11-15H2,1H3/t16-,20-,21-,22-,23+/m0/s1.